The predicted molar refractivity (Wildman–Crippen MR) is 56.9 cm³/mol. The number of amides is 1. The Labute approximate surface area is 92.4 Å². The lowest BCUT2D eigenvalue weighted by atomic mass is 10.1. The van der Waals surface area contributed by atoms with Crippen molar-refractivity contribution in [2.45, 2.75) is 6.92 Å². The summed E-state index contributed by atoms with van der Waals surface area (Å²) in [7, 11) is 0. The van der Waals surface area contributed by atoms with Crippen LogP contribution in [0.4, 0.5) is 0 Å². The normalized spacial score (nSPS) is 13.2. The number of rotatable bonds is 4. The third-order valence-electron chi connectivity index (χ3n) is 2.01. The molecule has 1 atom stereocenters. The summed E-state index contributed by atoms with van der Waals surface area (Å²) < 4.78 is 0. The van der Waals surface area contributed by atoms with Crippen LogP contribution in [-0.2, 0) is 0 Å². The molecule has 1 rings (SSSR count). The molecule has 16 heavy (non-hydrogen) atoms. The maximum atomic E-state index is 11.5. The van der Waals surface area contributed by atoms with Gasteiger partial charge in [0.25, 0.3) is 5.91 Å². The molecule has 1 aromatic heterocycles. The molecule has 7 heteroatoms. The zero-order chi connectivity index (χ0) is 12.0. The van der Waals surface area contributed by atoms with E-state index in [4.69, 9.17) is 10.9 Å². The van der Waals surface area contributed by atoms with Crippen molar-refractivity contribution in [1.29, 1.82) is 0 Å². The highest BCUT2D eigenvalue weighted by molar-refractivity contribution is 5.94. The minimum atomic E-state index is -0.293. The van der Waals surface area contributed by atoms with Crippen molar-refractivity contribution in [3.8, 4) is 0 Å². The topological polar surface area (TPSA) is 113 Å². The number of aromatic nitrogens is 2. The van der Waals surface area contributed by atoms with Crippen molar-refractivity contribution >= 4 is 11.7 Å². The summed E-state index contributed by atoms with van der Waals surface area (Å²) in [4.78, 5) is 19.0. The van der Waals surface area contributed by atoms with Crippen LogP contribution in [0.3, 0.4) is 0 Å². The Morgan fingerprint density at radius 2 is 2.25 bits per heavy atom. The van der Waals surface area contributed by atoms with Gasteiger partial charge in [0.15, 0.2) is 0 Å². The van der Waals surface area contributed by atoms with Gasteiger partial charge >= 0.3 is 0 Å². The Morgan fingerprint density at radius 3 is 2.81 bits per heavy atom. The first-order valence-corrected chi connectivity index (χ1v) is 4.65. The van der Waals surface area contributed by atoms with Crippen LogP contribution in [-0.4, -0.2) is 33.5 Å². The van der Waals surface area contributed by atoms with Gasteiger partial charge in [0.1, 0.15) is 12.2 Å². The molecule has 0 fully saturated rings. The first-order valence-electron chi connectivity index (χ1n) is 4.65. The molecule has 86 valence electrons. The molecule has 1 aromatic rings. The SMILES string of the molecule is CC(CNC(=O)c1cncnc1)C(N)=NO. The van der Waals surface area contributed by atoms with E-state index in [0.29, 0.717) is 5.56 Å². The van der Waals surface area contributed by atoms with Crippen LogP contribution in [0.1, 0.15) is 17.3 Å². The lowest BCUT2D eigenvalue weighted by Crippen LogP contribution is -2.34. The Hall–Kier alpha value is -2.18. The Morgan fingerprint density at radius 1 is 1.62 bits per heavy atom. The van der Waals surface area contributed by atoms with E-state index in [1.54, 1.807) is 6.92 Å². The van der Waals surface area contributed by atoms with E-state index in [1.165, 1.54) is 18.7 Å². The van der Waals surface area contributed by atoms with Crippen LogP contribution in [0.15, 0.2) is 23.9 Å². The number of nitrogens with two attached hydrogens (primary N) is 1. The molecule has 0 saturated carbocycles. The molecule has 0 saturated heterocycles. The minimum absolute atomic E-state index is 0.0737. The van der Waals surface area contributed by atoms with E-state index in [0.717, 1.165) is 0 Å². The molecule has 7 nitrogen and oxygen atoms in total. The number of carbonyl (C=O) groups is 1. The number of hydrogen-bond donors (Lipinski definition) is 3. The fourth-order valence-electron chi connectivity index (χ4n) is 0.967. The molecule has 0 aliphatic heterocycles. The van der Waals surface area contributed by atoms with Gasteiger partial charge in [0, 0.05) is 24.9 Å². The summed E-state index contributed by atoms with van der Waals surface area (Å²) in [6, 6.07) is 0. The molecule has 0 aliphatic rings. The molecule has 1 amide bonds. The predicted octanol–water partition coefficient (Wildman–Crippen LogP) is -0.411. The molecule has 0 spiro atoms. The van der Waals surface area contributed by atoms with Crippen molar-refractivity contribution < 1.29 is 10.0 Å². The molecule has 0 aliphatic carbocycles. The summed E-state index contributed by atoms with van der Waals surface area (Å²) in [5.74, 6) is -0.457. The van der Waals surface area contributed by atoms with Gasteiger partial charge in [-0.05, 0) is 0 Å². The van der Waals surface area contributed by atoms with Crippen molar-refractivity contribution in [2.75, 3.05) is 6.54 Å². The molecule has 1 unspecified atom stereocenters. The lowest BCUT2D eigenvalue weighted by Gasteiger charge is -2.10. The van der Waals surface area contributed by atoms with Crippen LogP contribution < -0.4 is 11.1 Å². The number of nitrogens with zero attached hydrogens (tertiary/aromatic N) is 3. The Bertz CT molecular complexity index is 379. The third-order valence-corrected chi connectivity index (χ3v) is 2.01. The number of amidine groups is 1. The number of oxime groups is 1. The van der Waals surface area contributed by atoms with Crippen LogP contribution in [0.5, 0.6) is 0 Å². The summed E-state index contributed by atoms with van der Waals surface area (Å²) in [5, 5.41) is 13.9. The molecule has 0 bridgehead atoms. The molecular formula is C9H13N5O2. The van der Waals surface area contributed by atoms with Gasteiger partial charge in [0.05, 0.1) is 5.56 Å². The molecule has 1 heterocycles. The number of carbonyl (C=O) groups excluding carboxylic acids is 1. The van der Waals surface area contributed by atoms with Crippen LogP contribution in [0, 0.1) is 5.92 Å². The second-order valence-corrected chi connectivity index (χ2v) is 3.26. The fraction of sp³-hybridized carbons (Fsp3) is 0.333. The van der Waals surface area contributed by atoms with Gasteiger partial charge < -0.3 is 16.3 Å². The van der Waals surface area contributed by atoms with Gasteiger partial charge in [-0.25, -0.2) is 9.97 Å². The van der Waals surface area contributed by atoms with Crippen molar-refractivity contribution in [3.63, 3.8) is 0 Å². The fourth-order valence-corrected chi connectivity index (χ4v) is 0.967. The van der Waals surface area contributed by atoms with Crippen LogP contribution >= 0.6 is 0 Å². The summed E-state index contributed by atoms with van der Waals surface area (Å²) >= 11 is 0. The van der Waals surface area contributed by atoms with Gasteiger partial charge in [-0.15, -0.1) is 0 Å². The van der Waals surface area contributed by atoms with Crippen molar-refractivity contribution in [3.05, 3.63) is 24.3 Å². The highest BCUT2D eigenvalue weighted by atomic mass is 16.4. The highest BCUT2D eigenvalue weighted by Crippen LogP contribution is 1.96. The second-order valence-electron chi connectivity index (χ2n) is 3.26. The van der Waals surface area contributed by atoms with Gasteiger partial charge in [0.2, 0.25) is 0 Å². The third kappa shape index (κ3) is 3.19. The van der Waals surface area contributed by atoms with E-state index < -0.39 is 0 Å². The van der Waals surface area contributed by atoms with Crippen LogP contribution in [0.25, 0.3) is 0 Å². The first kappa shape index (κ1) is 11.9. The summed E-state index contributed by atoms with van der Waals surface area (Å²) in [5.41, 5.74) is 5.74. The van der Waals surface area contributed by atoms with Crippen molar-refractivity contribution in [2.24, 2.45) is 16.8 Å². The Balaban J connectivity index is 2.48. The Kier molecular flexibility index (Phi) is 4.19. The van der Waals surface area contributed by atoms with Gasteiger partial charge in [-0.2, -0.15) is 0 Å². The second kappa shape index (κ2) is 5.64. The quantitative estimate of drug-likeness (QED) is 0.278. The van der Waals surface area contributed by atoms with E-state index in [9.17, 15) is 4.79 Å². The smallest absolute Gasteiger partial charge is 0.254 e. The maximum absolute atomic E-state index is 11.5. The highest BCUT2D eigenvalue weighted by Gasteiger charge is 2.10. The number of hydrogen-bond acceptors (Lipinski definition) is 5. The zero-order valence-electron chi connectivity index (χ0n) is 8.79. The molecule has 0 radical (unpaired) electrons. The molecule has 4 N–H and O–H groups in total. The van der Waals surface area contributed by atoms with Crippen LogP contribution in [0.2, 0.25) is 0 Å². The average molecular weight is 223 g/mol. The molecule has 0 aromatic carbocycles. The lowest BCUT2D eigenvalue weighted by molar-refractivity contribution is 0.0950. The summed E-state index contributed by atoms with van der Waals surface area (Å²) in [6.45, 7) is 2.01. The van der Waals surface area contributed by atoms with E-state index in [2.05, 4.69) is 20.4 Å². The van der Waals surface area contributed by atoms with Gasteiger partial charge in [-0.3, -0.25) is 4.79 Å². The minimum Gasteiger partial charge on any atom is -0.409 e. The zero-order valence-corrected chi connectivity index (χ0v) is 8.79. The first-order chi connectivity index (χ1) is 7.65. The largest absolute Gasteiger partial charge is 0.409 e. The maximum Gasteiger partial charge on any atom is 0.254 e. The molecular weight excluding hydrogens is 210 g/mol. The van der Waals surface area contributed by atoms with Gasteiger partial charge in [-0.1, -0.05) is 12.1 Å². The standard InChI is InChI=1S/C9H13N5O2/c1-6(8(10)14-16)2-13-9(15)7-3-11-5-12-4-7/h3-6,16H,2H2,1H3,(H2,10,14)(H,13,15). The average Bonchev–Trinajstić information content (AvgIpc) is 2.35. The summed E-state index contributed by atoms with van der Waals surface area (Å²) in [6.07, 6.45) is 4.17. The van der Waals surface area contributed by atoms with E-state index in [-0.39, 0.29) is 24.2 Å². The van der Waals surface area contributed by atoms with Crippen molar-refractivity contribution in [1.82, 2.24) is 15.3 Å². The monoisotopic (exact) mass is 223 g/mol. The number of nitrogens with one attached hydrogen (secondary N) is 1. The van der Waals surface area contributed by atoms with E-state index >= 15 is 0 Å². The van der Waals surface area contributed by atoms with E-state index in [1.807, 2.05) is 0 Å².